The fraction of sp³-hybridized carbons (Fsp3) is 1.00. The Morgan fingerprint density at radius 2 is 0.426 bits per heavy atom. The van der Waals surface area contributed by atoms with Gasteiger partial charge in [-0.25, -0.2) is 0 Å². The molecule has 47 heavy (non-hydrogen) atoms. The maximum absolute atomic E-state index is 10.3. The first kappa shape index (κ1) is 65.3. The summed E-state index contributed by atoms with van der Waals surface area (Å²) in [6, 6.07) is 0. The van der Waals surface area contributed by atoms with E-state index < -0.39 is 83.1 Å². The molecule has 39 heteroatoms. The fourth-order valence-corrected chi connectivity index (χ4v) is 8.50. The van der Waals surface area contributed by atoms with E-state index in [0.29, 0.717) is 28.4 Å². The molecular formula is C8H20O28P8Sn3. The molecule has 0 aromatic carbocycles. The Labute approximate surface area is 314 Å². The minimum atomic E-state index is -5.54. The van der Waals surface area contributed by atoms with Crippen LogP contribution < -0.4 is 58.7 Å². The second kappa shape index (κ2) is 25.5. The second-order valence-corrected chi connectivity index (χ2v) is 22.1. The van der Waals surface area contributed by atoms with Crippen LogP contribution in [0.25, 0.3) is 0 Å². The molecule has 0 rings (SSSR count). The average Bonchev–Trinajstić information content (AvgIpc) is 2.85. The molecule has 28 nitrogen and oxygen atoms in total. The normalized spacial score (nSPS) is 19.5. The van der Waals surface area contributed by atoms with E-state index in [0.717, 1.165) is 0 Å². The van der Waals surface area contributed by atoms with E-state index >= 15 is 0 Å². The smallest absolute Gasteiger partial charge is 0.809 e. The van der Waals surface area contributed by atoms with Crippen LogP contribution in [0.3, 0.4) is 0 Å². The first-order chi connectivity index (χ1) is 18.9. The third-order valence-corrected chi connectivity index (χ3v) is 16.6. The Morgan fingerprint density at radius 1 is 0.340 bits per heavy atom. The average molecular weight is 1170 g/mol. The molecule has 0 spiro atoms. The third kappa shape index (κ3) is 27.6. The summed E-state index contributed by atoms with van der Waals surface area (Å²) >= 11 is 0. The zero-order valence-corrected chi connectivity index (χ0v) is 38.7. The van der Waals surface area contributed by atoms with E-state index in [4.69, 9.17) is 20.4 Å². The van der Waals surface area contributed by atoms with E-state index in [-0.39, 0.29) is 71.7 Å². The van der Waals surface area contributed by atoms with E-state index in [9.17, 15) is 95.2 Å². The van der Waals surface area contributed by atoms with E-state index in [2.05, 4.69) is 18.1 Å². The van der Waals surface area contributed by atoms with Crippen LogP contribution in [0, 0.1) is 0 Å². The molecule has 272 valence electrons. The van der Waals surface area contributed by atoms with Gasteiger partial charge in [0.2, 0.25) is 0 Å². The Kier molecular flexibility index (Phi) is 35.5. The summed E-state index contributed by atoms with van der Waals surface area (Å²) in [7, 11) is -39.5. The van der Waals surface area contributed by atoms with Gasteiger partial charge >= 0.3 is 71.7 Å². The van der Waals surface area contributed by atoms with Gasteiger partial charge in [0.25, 0.3) is 0 Å². The van der Waals surface area contributed by atoms with Crippen molar-refractivity contribution in [1.29, 1.82) is 0 Å². The van der Waals surface area contributed by atoms with Gasteiger partial charge in [-0.05, 0) is 30.4 Å². The molecule has 8 atom stereocenters. The third-order valence-electron chi connectivity index (χ3n) is 3.28. The molecule has 0 aromatic rings. The molecule has 0 aliphatic heterocycles. The molecule has 0 saturated carbocycles. The second-order valence-electron chi connectivity index (χ2n) is 6.43. The van der Waals surface area contributed by atoms with Crippen molar-refractivity contribution in [2.75, 3.05) is 28.4 Å². The van der Waals surface area contributed by atoms with Crippen LogP contribution in [0.15, 0.2) is 0 Å². The van der Waals surface area contributed by atoms with Gasteiger partial charge in [-0.2, -0.15) is 0 Å². The Balaban J connectivity index is -0.0000000889. The zero-order chi connectivity index (χ0) is 37.1. The molecule has 0 amide bonds. The summed E-state index contributed by atoms with van der Waals surface area (Å²) in [5.41, 5.74) is -12.0. The van der Waals surface area contributed by atoms with E-state index in [1.54, 1.807) is 0 Å². The van der Waals surface area contributed by atoms with Crippen molar-refractivity contribution in [1.82, 2.24) is 0 Å². The fourth-order valence-electron chi connectivity index (χ4n) is 1.07. The van der Waals surface area contributed by atoms with Gasteiger partial charge < -0.3 is 134 Å². The maximum Gasteiger partial charge on any atom is 4.00 e. The monoisotopic (exact) mass is 1170 g/mol. The van der Waals surface area contributed by atoms with Crippen molar-refractivity contribution in [3.63, 3.8) is 0 Å². The largest absolute Gasteiger partial charge is 4.00 e. The zero-order valence-electron chi connectivity index (χ0n) is 23.0. The van der Waals surface area contributed by atoms with Crippen LogP contribution in [-0.2, 0) is 54.6 Å². The van der Waals surface area contributed by atoms with E-state index in [1.807, 2.05) is 0 Å². The van der Waals surface area contributed by atoms with Gasteiger partial charge in [0.05, 0.1) is 0 Å². The summed E-state index contributed by atoms with van der Waals surface area (Å²) in [5, 5.41) is 33.3. The van der Waals surface area contributed by atoms with Crippen molar-refractivity contribution >= 4 is 132 Å². The molecule has 0 fully saturated rings. The summed E-state index contributed by atoms with van der Waals surface area (Å²) < 4.78 is 95.4. The van der Waals surface area contributed by atoms with Crippen molar-refractivity contribution in [3.8, 4) is 0 Å². The van der Waals surface area contributed by atoms with Crippen molar-refractivity contribution in [3.05, 3.63) is 0 Å². The standard InChI is InChI=1S/4C2H8O7P2.3Sn/c4*1-9-11(7,8)2(3)10(4,5)6;;;/h4*2-3H,1H3,(H,7,8)(H2,4,5,6);;;/q;;;;3*+4/p-12. The first-order valence-corrected chi connectivity index (χ1v) is 22.0. The SMILES string of the molecule is COP(=O)([O-])C(O)P(=O)([O-])[O-].COP(=O)([O-])C(O)P(=O)([O-])[O-].COP(=O)([O-])C(O)P(=O)([O-])[O-].COP(=O)([O-])C(O)P(=O)([O-])[O-].[Sn+4].[Sn+4].[Sn+4]. The molecule has 0 radical (unpaired) electrons. The number of aliphatic hydroxyl groups excluding tert-OH is 4. The quantitative estimate of drug-likeness (QED) is 0.104. The summed E-state index contributed by atoms with van der Waals surface area (Å²) in [6.07, 6.45) is 0. The molecule has 0 aromatic heterocycles. The van der Waals surface area contributed by atoms with Gasteiger partial charge in [0.15, 0.2) is 30.4 Å². The molecule has 0 heterocycles. The van der Waals surface area contributed by atoms with Crippen molar-refractivity contribution in [2.45, 2.75) is 22.3 Å². The molecule has 0 aliphatic carbocycles. The topological polar surface area (TPSA) is 531 Å². The van der Waals surface area contributed by atoms with Crippen LogP contribution in [0.2, 0.25) is 0 Å². The van der Waals surface area contributed by atoms with Crippen LogP contribution >= 0.6 is 60.8 Å². The first-order valence-electron chi connectivity index (χ1n) is 9.11. The molecule has 4 N–H and O–H groups in total. The summed E-state index contributed by atoms with van der Waals surface area (Å²) in [6.45, 7) is 0. The predicted molar refractivity (Wildman–Crippen MR) is 130 cm³/mol. The van der Waals surface area contributed by atoms with Gasteiger partial charge in [-0.3, -0.25) is 0 Å². The molecule has 0 aliphatic rings. The molecule has 0 bridgehead atoms. The summed E-state index contributed by atoms with van der Waals surface area (Å²) in [5.74, 6) is 0. The van der Waals surface area contributed by atoms with Gasteiger partial charge in [0, 0.05) is 28.4 Å². The van der Waals surface area contributed by atoms with Crippen molar-refractivity contribution < 1.29 is 134 Å². The number of rotatable bonds is 12. The minimum Gasteiger partial charge on any atom is -0.809 e. The minimum absolute atomic E-state index is 0. The molecule has 0 saturated heterocycles. The Hall–Kier alpha value is 3.44. The maximum atomic E-state index is 10.3. The van der Waals surface area contributed by atoms with Gasteiger partial charge in [0.1, 0.15) is 22.3 Å². The van der Waals surface area contributed by atoms with Gasteiger partial charge in [-0.15, -0.1) is 0 Å². The molecular weight excluding hydrogens is 1150 g/mol. The Bertz CT molecular complexity index is 1070. The predicted octanol–water partition coefficient (Wildman–Crippen LogP) is -11.6. The van der Waals surface area contributed by atoms with Crippen LogP contribution in [0.1, 0.15) is 0 Å². The van der Waals surface area contributed by atoms with Gasteiger partial charge in [-0.1, -0.05) is 0 Å². The van der Waals surface area contributed by atoms with Crippen LogP contribution in [0.4, 0.5) is 0 Å². The number of hydrogen-bond donors (Lipinski definition) is 4. The number of hydrogen-bond acceptors (Lipinski definition) is 28. The summed E-state index contributed by atoms with van der Waals surface area (Å²) in [4.78, 5) is 121. The van der Waals surface area contributed by atoms with Crippen molar-refractivity contribution in [2.24, 2.45) is 0 Å². The van der Waals surface area contributed by atoms with E-state index in [1.165, 1.54) is 0 Å². The van der Waals surface area contributed by atoms with Crippen LogP contribution in [-0.4, -0.2) is 143 Å². The number of aliphatic hydroxyl groups is 4. The Morgan fingerprint density at radius 3 is 0.447 bits per heavy atom. The van der Waals surface area contributed by atoms with Crippen LogP contribution in [0.5, 0.6) is 0 Å². The molecule has 8 unspecified atom stereocenters.